The van der Waals surface area contributed by atoms with Gasteiger partial charge >= 0.3 is 0 Å². The van der Waals surface area contributed by atoms with E-state index in [1.807, 2.05) is 6.61 Å². The fraction of sp³-hybridized carbons (Fsp3) is 0.889. The molecule has 1 saturated heterocycles. The van der Waals surface area contributed by atoms with E-state index in [1.54, 1.807) is 0 Å². The minimum absolute atomic E-state index is 0.00637. The van der Waals surface area contributed by atoms with Gasteiger partial charge in [-0.05, 0) is 19.3 Å². The van der Waals surface area contributed by atoms with Gasteiger partial charge in [-0.25, -0.2) is 6.61 Å². The third-order valence-electron chi connectivity index (χ3n) is 3.26. The van der Waals surface area contributed by atoms with Crippen LogP contribution in [0.5, 0.6) is 0 Å². The molecule has 0 aromatic carbocycles. The lowest BCUT2D eigenvalue weighted by atomic mass is 9.71. The van der Waals surface area contributed by atoms with E-state index in [2.05, 4.69) is 34.6 Å². The summed E-state index contributed by atoms with van der Waals surface area (Å²) in [5, 5.41) is 0. The molecule has 1 fully saturated rings. The number of hydrogen-bond donors (Lipinski definition) is 0. The number of rotatable bonds is 0. The van der Waals surface area contributed by atoms with Crippen molar-refractivity contribution in [1.29, 1.82) is 0 Å². The Morgan fingerprint density at radius 2 is 1.70 bits per heavy atom. The first-order valence-corrected chi connectivity index (χ1v) is 3.89. The van der Waals surface area contributed by atoms with Crippen molar-refractivity contribution in [2.75, 3.05) is 0 Å². The summed E-state index contributed by atoms with van der Waals surface area (Å²) in [5.41, 5.74) is 0.277. The van der Waals surface area contributed by atoms with Crippen LogP contribution in [0.15, 0.2) is 0 Å². The summed E-state index contributed by atoms with van der Waals surface area (Å²) in [6, 6.07) is 0. The van der Waals surface area contributed by atoms with Gasteiger partial charge in [0.15, 0.2) is 0 Å². The number of hydrogen-bond acceptors (Lipinski definition) is 1. The van der Waals surface area contributed by atoms with Gasteiger partial charge in [0.05, 0.1) is 0 Å². The van der Waals surface area contributed by atoms with Crippen LogP contribution in [-0.2, 0) is 4.74 Å². The van der Waals surface area contributed by atoms with E-state index in [-0.39, 0.29) is 11.0 Å². The minimum Gasteiger partial charge on any atom is -0.547 e. The second-order valence-electron chi connectivity index (χ2n) is 4.27. The molecule has 1 nitrogen and oxygen atoms in total. The summed E-state index contributed by atoms with van der Waals surface area (Å²) < 4.78 is 5.54. The molecule has 10 heavy (non-hydrogen) atoms. The molecule has 1 unspecified atom stereocenters. The van der Waals surface area contributed by atoms with Gasteiger partial charge in [0.25, 0.3) is 0 Å². The Hall–Kier alpha value is -0.0400. The van der Waals surface area contributed by atoms with Gasteiger partial charge in [0, 0.05) is 5.60 Å². The molecule has 1 heteroatoms. The van der Waals surface area contributed by atoms with Crippen LogP contribution in [0.3, 0.4) is 0 Å². The van der Waals surface area contributed by atoms with Crippen LogP contribution in [-0.4, -0.2) is 5.60 Å². The van der Waals surface area contributed by atoms with Crippen LogP contribution in [0.25, 0.3) is 0 Å². The molecule has 1 aliphatic rings. The Morgan fingerprint density at radius 3 is 1.80 bits per heavy atom. The molecule has 1 heterocycles. The molecule has 0 amide bonds. The largest absolute Gasteiger partial charge is 0.547 e. The van der Waals surface area contributed by atoms with Crippen molar-refractivity contribution >= 4 is 0 Å². The quantitative estimate of drug-likeness (QED) is 0.471. The Morgan fingerprint density at radius 1 is 1.20 bits per heavy atom. The third-order valence-corrected chi connectivity index (χ3v) is 3.26. The standard InChI is InChI=1S/C9H17O/c1-7-6-10-9(4,5)8(7,2)3/h6-7H,1-5H3/q-1. The zero-order valence-corrected chi connectivity index (χ0v) is 7.56. The highest BCUT2D eigenvalue weighted by molar-refractivity contribution is 5.00. The van der Waals surface area contributed by atoms with Gasteiger partial charge in [-0.2, -0.15) is 0 Å². The molecule has 0 saturated carbocycles. The van der Waals surface area contributed by atoms with E-state index in [4.69, 9.17) is 4.74 Å². The second-order valence-corrected chi connectivity index (χ2v) is 4.27. The van der Waals surface area contributed by atoms with Gasteiger partial charge < -0.3 is 4.74 Å². The molecule has 0 aliphatic carbocycles. The van der Waals surface area contributed by atoms with E-state index in [0.717, 1.165) is 0 Å². The Bertz CT molecular complexity index is 136. The second kappa shape index (κ2) is 1.97. The first-order valence-electron chi connectivity index (χ1n) is 3.89. The van der Waals surface area contributed by atoms with Crippen LogP contribution in [0, 0.1) is 17.9 Å². The summed E-state index contributed by atoms with van der Waals surface area (Å²) >= 11 is 0. The van der Waals surface area contributed by atoms with E-state index >= 15 is 0 Å². The molecule has 0 aromatic rings. The maximum absolute atomic E-state index is 5.54. The lowest BCUT2D eigenvalue weighted by Gasteiger charge is -2.40. The van der Waals surface area contributed by atoms with Gasteiger partial charge in [0.2, 0.25) is 0 Å². The average Bonchev–Trinajstić information content (AvgIpc) is 1.94. The van der Waals surface area contributed by atoms with Crippen molar-refractivity contribution in [1.82, 2.24) is 0 Å². The van der Waals surface area contributed by atoms with Crippen molar-refractivity contribution in [3.8, 4) is 0 Å². The Labute approximate surface area is 63.8 Å². The summed E-state index contributed by atoms with van der Waals surface area (Å²) in [7, 11) is 0. The minimum atomic E-state index is 0.00637. The van der Waals surface area contributed by atoms with Crippen LogP contribution in [0.2, 0.25) is 0 Å². The fourth-order valence-electron chi connectivity index (χ4n) is 1.14. The zero-order valence-electron chi connectivity index (χ0n) is 7.56. The van der Waals surface area contributed by atoms with Crippen LogP contribution in [0.4, 0.5) is 0 Å². The predicted molar refractivity (Wildman–Crippen MR) is 42.4 cm³/mol. The third kappa shape index (κ3) is 0.878. The van der Waals surface area contributed by atoms with E-state index in [9.17, 15) is 0 Å². The van der Waals surface area contributed by atoms with Gasteiger partial charge in [-0.1, -0.05) is 20.8 Å². The van der Waals surface area contributed by atoms with Crippen molar-refractivity contribution in [3.63, 3.8) is 0 Å². The maximum Gasteiger partial charge on any atom is 0.0320 e. The van der Waals surface area contributed by atoms with E-state index < -0.39 is 0 Å². The highest BCUT2D eigenvalue weighted by Crippen LogP contribution is 2.48. The first-order chi connectivity index (χ1) is 4.38. The molecular weight excluding hydrogens is 124 g/mol. The van der Waals surface area contributed by atoms with Crippen LogP contribution < -0.4 is 0 Å². The average molecular weight is 141 g/mol. The SMILES string of the molecule is CC1[CH-]OC(C)(C)C1(C)C. The predicted octanol–water partition coefficient (Wildman–Crippen LogP) is 2.62. The smallest absolute Gasteiger partial charge is 0.0320 e. The summed E-state index contributed by atoms with van der Waals surface area (Å²) in [6.07, 6.45) is 0. The molecule has 0 aromatic heterocycles. The summed E-state index contributed by atoms with van der Waals surface area (Å²) in [5.74, 6) is 0.558. The zero-order chi connectivity index (χ0) is 7.99. The van der Waals surface area contributed by atoms with Crippen molar-refractivity contribution in [2.45, 2.75) is 40.2 Å². The van der Waals surface area contributed by atoms with Crippen LogP contribution in [0.1, 0.15) is 34.6 Å². The Kier molecular flexibility index (Phi) is 1.59. The van der Waals surface area contributed by atoms with E-state index in [0.29, 0.717) is 5.92 Å². The molecule has 0 spiro atoms. The molecular formula is C9H17O-. The lowest BCUT2D eigenvalue weighted by molar-refractivity contribution is -0.00278. The molecule has 1 rings (SSSR count). The van der Waals surface area contributed by atoms with Crippen molar-refractivity contribution in [2.24, 2.45) is 11.3 Å². The van der Waals surface area contributed by atoms with Crippen molar-refractivity contribution < 1.29 is 4.74 Å². The summed E-state index contributed by atoms with van der Waals surface area (Å²) in [6.45, 7) is 13.0. The Balaban J connectivity index is 2.84. The molecule has 1 aliphatic heterocycles. The normalized spacial score (nSPS) is 36.3. The van der Waals surface area contributed by atoms with Gasteiger partial charge in [-0.15, -0.1) is 5.92 Å². The maximum atomic E-state index is 5.54. The summed E-state index contributed by atoms with van der Waals surface area (Å²) in [4.78, 5) is 0. The highest BCUT2D eigenvalue weighted by Gasteiger charge is 2.41. The topological polar surface area (TPSA) is 9.23 Å². The highest BCUT2D eigenvalue weighted by atomic mass is 16.5. The fourth-order valence-corrected chi connectivity index (χ4v) is 1.14. The van der Waals surface area contributed by atoms with Gasteiger partial charge in [-0.3, -0.25) is 0 Å². The monoisotopic (exact) mass is 141 g/mol. The molecule has 0 N–H and O–H groups in total. The van der Waals surface area contributed by atoms with E-state index in [1.165, 1.54) is 0 Å². The lowest BCUT2D eigenvalue weighted by Crippen LogP contribution is -2.37. The van der Waals surface area contributed by atoms with Gasteiger partial charge in [0.1, 0.15) is 0 Å². The first kappa shape index (κ1) is 8.06. The molecule has 1 atom stereocenters. The number of ether oxygens (including phenoxy) is 1. The van der Waals surface area contributed by atoms with Crippen molar-refractivity contribution in [3.05, 3.63) is 6.61 Å². The molecule has 60 valence electrons. The molecule has 0 bridgehead atoms. The molecule has 0 radical (unpaired) electrons. The van der Waals surface area contributed by atoms with Crippen LogP contribution >= 0.6 is 0 Å².